The predicted molar refractivity (Wildman–Crippen MR) is 73.6 cm³/mol. The zero-order chi connectivity index (χ0) is 13.7. The normalized spacial score (nSPS) is 11.7. The molecule has 0 aliphatic heterocycles. The summed E-state index contributed by atoms with van der Waals surface area (Å²) in [6.45, 7) is 7.44. The second-order valence-corrected chi connectivity index (χ2v) is 4.09. The molecule has 0 amide bonds. The zero-order valence-corrected chi connectivity index (χ0v) is 11.0. The number of hydrogen-bond donors (Lipinski definition) is 1. The summed E-state index contributed by atoms with van der Waals surface area (Å²) in [6.07, 6.45) is 2.30. The third-order valence-electron chi connectivity index (χ3n) is 2.24. The predicted octanol–water partition coefficient (Wildman–Crippen LogP) is 3.20. The van der Waals surface area contributed by atoms with E-state index >= 15 is 0 Å². The third kappa shape index (κ3) is 3.11. The van der Waals surface area contributed by atoms with Crippen molar-refractivity contribution < 1.29 is 9.53 Å². The number of allylic oxidation sites excluding steroid dienone is 2. The van der Waals surface area contributed by atoms with E-state index in [9.17, 15) is 10.2 Å². The maximum atomic E-state index is 11.7. The monoisotopic (exact) mass is 265 g/mol. The van der Waals surface area contributed by atoms with Gasteiger partial charge in [-0.1, -0.05) is 18.2 Å². The van der Waals surface area contributed by atoms with Crippen LogP contribution in [0.15, 0.2) is 30.0 Å². The van der Waals surface area contributed by atoms with Gasteiger partial charge < -0.3 is 15.1 Å². The summed E-state index contributed by atoms with van der Waals surface area (Å²) in [6, 6.07) is 1.65. The van der Waals surface area contributed by atoms with E-state index in [1.807, 2.05) is 0 Å². The Kier molecular flexibility index (Phi) is 4.92. The van der Waals surface area contributed by atoms with Crippen LogP contribution in [0.3, 0.4) is 0 Å². The summed E-state index contributed by atoms with van der Waals surface area (Å²) < 4.78 is 4.88. The summed E-state index contributed by atoms with van der Waals surface area (Å²) in [4.78, 5) is 14.7. The second kappa shape index (κ2) is 6.21. The Balaban J connectivity index is 3.35. The fourth-order valence-electron chi connectivity index (χ4n) is 1.55. The van der Waals surface area contributed by atoms with Crippen molar-refractivity contribution >= 4 is 29.4 Å². The molecule has 0 spiro atoms. The van der Waals surface area contributed by atoms with Crippen LogP contribution in [0.5, 0.6) is 0 Å². The van der Waals surface area contributed by atoms with Crippen LogP contribution in [0.4, 0.5) is 0 Å². The first kappa shape index (κ1) is 14.3. The number of H-pyrrole nitrogens is 1. The Bertz CT molecular complexity index is 515. The molecule has 0 fully saturated rings. The van der Waals surface area contributed by atoms with Crippen molar-refractivity contribution in [3.05, 3.63) is 46.1 Å². The Morgan fingerprint density at radius 3 is 2.72 bits per heavy atom. The largest absolute Gasteiger partial charge is 0.810 e. The fourth-order valence-corrected chi connectivity index (χ4v) is 1.71. The molecule has 0 aliphatic carbocycles. The van der Waals surface area contributed by atoms with Gasteiger partial charge in [0.05, 0.1) is 11.6 Å². The lowest BCUT2D eigenvalue weighted by molar-refractivity contribution is -0.137. The molecular formula is C13H14ClN2O2-. The van der Waals surface area contributed by atoms with Gasteiger partial charge in [0.1, 0.15) is 0 Å². The average molecular weight is 266 g/mol. The lowest BCUT2D eigenvalue weighted by atomic mass is 9.99. The second-order valence-electron chi connectivity index (χ2n) is 3.65. The van der Waals surface area contributed by atoms with Gasteiger partial charge in [0.15, 0.2) is 0 Å². The summed E-state index contributed by atoms with van der Waals surface area (Å²) >= 11 is 5.83. The third-order valence-corrected chi connectivity index (χ3v) is 2.46. The van der Waals surface area contributed by atoms with Crippen LogP contribution in [0, 0.1) is 0 Å². The van der Waals surface area contributed by atoms with E-state index in [2.05, 4.69) is 11.6 Å². The minimum atomic E-state index is -0.608. The van der Waals surface area contributed by atoms with Gasteiger partial charge in [-0.3, -0.25) is 0 Å². The van der Waals surface area contributed by atoms with Gasteiger partial charge in [-0.25, -0.2) is 4.79 Å². The average Bonchev–Trinajstić information content (AvgIpc) is 2.71. The molecule has 1 heterocycles. The van der Waals surface area contributed by atoms with Gasteiger partial charge in [-0.15, -0.1) is 0 Å². The van der Waals surface area contributed by atoms with Crippen molar-refractivity contribution in [1.82, 2.24) is 4.98 Å². The number of rotatable bonds is 5. The van der Waals surface area contributed by atoms with E-state index in [0.717, 1.165) is 6.21 Å². The highest BCUT2D eigenvalue weighted by molar-refractivity contribution is 6.31. The van der Waals surface area contributed by atoms with Crippen LogP contribution in [-0.4, -0.2) is 23.8 Å². The highest BCUT2D eigenvalue weighted by Crippen LogP contribution is 2.26. The molecule has 96 valence electrons. The lowest BCUT2D eigenvalue weighted by Gasteiger charge is -2.12. The Morgan fingerprint density at radius 2 is 2.33 bits per heavy atom. The maximum Gasteiger partial charge on any atom is 0.336 e. The topological polar surface area (TPSA) is 64.4 Å². The molecule has 0 unspecified atom stereocenters. The Labute approximate surface area is 111 Å². The van der Waals surface area contributed by atoms with E-state index in [1.54, 1.807) is 26.1 Å². The molecule has 5 heteroatoms. The first-order valence-corrected chi connectivity index (χ1v) is 5.78. The molecule has 1 N–H and O–H groups in total. The number of aromatic nitrogens is 1. The number of halogens is 1. The molecule has 4 nitrogen and oxygen atoms in total. The van der Waals surface area contributed by atoms with Crippen LogP contribution < -0.4 is 0 Å². The number of carbonyl (C=O) groups is 1. The quantitative estimate of drug-likeness (QED) is 0.385. The molecule has 18 heavy (non-hydrogen) atoms. The molecule has 1 aromatic rings. The van der Waals surface area contributed by atoms with Gasteiger partial charge in [0.2, 0.25) is 0 Å². The highest BCUT2D eigenvalue weighted by Gasteiger charge is 2.15. The molecule has 0 saturated heterocycles. The number of esters is 1. The molecule has 0 aromatic carbocycles. The van der Waals surface area contributed by atoms with Crippen molar-refractivity contribution in [3.63, 3.8) is 0 Å². The number of hydrogen-bond acceptors (Lipinski definition) is 2. The minimum absolute atomic E-state index is 0.0443. The number of aromatic amines is 1. The van der Waals surface area contributed by atoms with Gasteiger partial charge in [0, 0.05) is 23.0 Å². The standard InChI is InChI=1S/C13H14ClN2O2/c1-4-18-13(17)10(6-15)12(8(2)3)11-5-9(14)7-16-11/h5-7,16H,2,4H2,1,3H3/q-1/b12-10+. The molecular weight excluding hydrogens is 252 g/mol. The number of ether oxygens (including phenoxy) is 1. The van der Waals surface area contributed by atoms with Crippen LogP contribution >= 0.6 is 11.6 Å². The molecule has 0 bridgehead atoms. The van der Waals surface area contributed by atoms with Crippen molar-refractivity contribution in [2.45, 2.75) is 13.8 Å². The smallest absolute Gasteiger partial charge is 0.336 e. The van der Waals surface area contributed by atoms with Crippen molar-refractivity contribution in [1.29, 1.82) is 0 Å². The van der Waals surface area contributed by atoms with Crippen molar-refractivity contribution in [2.75, 3.05) is 6.61 Å². The van der Waals surface area contributed by atoms with E-state index < -0.39 is 5.97 Å². The fraction of sp³-hybridized carbons (Fsp3) is 0.231. The molecule has 1 aromatic heterocycles. The minimum Gasteiger partial charge on any atom is -0.810 e. The number of nitrogens with one attached hydrogen (secondary N) is 1. The van der Waals surface area contributed by atoms with E-state index in [-0.39, 0.29) is 12.2 Å². The zero-order valence-electron chi connectivity index (χ0n) is 10.3. The van der Waals surface area contributed by atoms with Gasteiger partial charge in [0.25, 0.3) is 0 Å². The summed E-state index contributed by atoms with van der Waals surface area (Å²) in [5.41, 5.74) is 1.73. The van der Waals surface area contributed by atoms with Crippen LogP contribution in [0.25, 0.3) is 11.0 Å². The summed E-state index contributed by atoms with van der Waals surface area (Å²) in [7, 11) is 0. The number of nitrogens with zero attached hydrogens (tertiary/aromatic N) is 1. The van der Waals surface area contributed by atoms with Crippen LogP contribution in [0.1, 0.15) is 19.5 Å². The Morgan fingerprint density at radius 1 is 1.67 bits per heavy atom. The first-order chi connectivity index (χ1) is 8.51. The van der Waals surface area contributed by atoms with E-state index in [1.165, 1.54) is 0 Å². The van der Waals surface area contributed by atoms with Crippen molar-refractivity contribution in [3.8, 4) is 0 Å². The van der Waals surface area contributed by atoms with E-state index in [0.29, 0.717) is 21.9 Å². The molecule has 0 radical (unpaired) electrons. The number of carbonyl (C=O) groups excluding carboxylic acids is 1. The highest BCUT2D eigenvalue weighted by atomic mass is 35.5. The first-order valence-electron chi connectivity index (χ1n) is 5.40. The lowest BCUT2D eigenvalue weighted by Crippen LogP contribution is -2.11. The van der Waals surface area contributed by atoms with Gasteiger partial charge in [-0.05, 0) is 25.5 Å². The Hall–Kier alpha value is -1.81. The summed E-state index contributed by atoms with van der Waals surface area (Å²) in [5, 5.41) is 9.74. The van der Waals surface area contributed by atoms with Gasteiger partial charge >= 0.3 is 5.97 Å². The molecule has 1 rings (SSSR count). The molecule has 0 atom stereocenters. The van der Waals surface area contributed by atoms with Crippen LogP contribution in [-0.2, 0) is 9.53 Å². The SMILES string of the molecule is C=C(C)/C(=C(/C=[N-])C(=O)OCC)c1cc(Cl)c[nH]1. The van der Waals surface area contributed by atoms with Crippen molar-refractivity contribution in [2.24, 2.45) is 0 Å². The van der Waals surface area contributed by atoms with Crippen LogP contribution in [0.2, 0.25) is 5.02 Å². The van der Waals surface area contributed by atoms with Gasteiger partial charge in [-0.2, -0.15) is 6.21 Å². The maximum absolute atomic E-state index is 11.7. The van der Waals surface area contributed by atoms with E-state index in [4.69, 9.17) is 16.3 Å². The molecule has 0 saturated carbocycles. The summed E-state index contributed by atoms with van der Waals surface area (Å²) in [5.74, 6) is -0.608. The molecule has 0 aliphatic rings.